The molecule has 152 valence electrons. The van der Waals surface area contributed by atoms with Gasteiger partial charge in [-0.05, 0) is 52.3 Å². The molecule has 7 nitrogen and oxygen atoms in total. The average molecular weight is 386 g/mol. The SMILES string of the molecule is C[C@H]1CN(C(=O)OC(C)(C)C)CCN1c1ccc(N2CC[C@H](O)C2)c(C#N)c1. The number of benzene rings is 1. The van der Waals surface area contributed by atoms with Crippen LogP contribution in [0.15, 0.2) is 18.2 Å². The first kappa shape index (κ1) is 20.3. The third-order valence-corrected chi connectivity index (χ3v) is 5.22. The van der Waals surface area contributed by atoms with E-state index in [1.54, 1.807) is 4.90 Å². The van der Waals surface area contributed by atoms with E-state index in [2.05, 4.69) is 22.8 Å². The van der Waals surface area contributed by atoms with Gasteiger partial charge in [-0.3, -0.25) is 0 Å². The van der Waals surface area contributed by atoms with Gasteiger partial charge in [0.05, 0.1) is 17.4 Å². The summed E-state index contributed by atoms with van der Waals surface area (Å²) in [5, 5.41) is 19.4. The van der Waals surface area contributed by atoms with Gasteiger partial charge < -0.3 is 24.5 Å². The Kier molecular flexibility index (Phi) is 5.71. The number of hydrogen-bond acceptors (Lipinski definition) is 6. The van der Waals surface area contributed by atoms with E-state index < -0.39 is 5.60 Å². The van der Waals surface area contributed by atoms with Crippen molar-refractivity contribution >= 4 is 17.5 Å². The zero-order valence-corrected chi connectivity index (χ0v) is 17.2. The number of carbonyl (C=O) groups excluding carboxylic acids is 1. The minimum absolute atomic E-state index is 0.118. The zero-order chi connectivity index (χ0) is 20.5. The number of aliphatic hydroxyl groups is 1. The molecule has 2 aliphatic heterocycles. The van der Waals surface area contributed by atoms with Crippen LogP contribution in [0.4, 0.5) is 16.2 Å². The van der Waals surface area contributed by atoms with Crippen molar-refractivity contribution in [3.05, 3.63) is 23.8 Å². The fraction of sp³-hybridized carbons (Fsp3) is 0.619. The van der Waals surface area contributed by atoms with E-state index in [1.165, 1.54) is 0 Å². The summed E-state index contributed by atoms with van der Waals surface area (Å²) in [5.74, 6) is 0. The Morgan fingerprint density at radius 3 is 2.57 bits per heavy atom. The smallest absolute Gasteiger partial charge is 0.410 e. The fourth-order valence-electron chi connectivity index (χ4n) is 3.86. The van der Waals surface area contributed by atoms with Crippen LogP contribution < -0.4 is 9.80 Å². The van der Waals surface area contributed by atoms with Gasteiger partial charge in [0.15, 0.2) is 0 Å². The summed E-state index contributed by atoms with van der Waals surface area (Å²) >= 11 is 0. The summed E-state index contributed by atoms with van der Waals surface area (Å²) < 4.78 is 5.48. The molecule has 28 heavy (non-hydrogen) atoms. The second-order valence-electron chi connectivity index (χ2n) is 8.67. The topological polar surface area (TPSA) is 80.0 Å². The van der Waals surface area contributed by atoms with Gasteiger partial charge in [-0.25, -0.2) is 4.79 Å². The van der Waals surface area contributed by atoms with Crippen LogP contribution >= 0.6 is 0 Å². The molecule has 2 saturated heterocycles. The normalized spacial score (nSPS) is 22.9. The van der Waals surface area contributed by atoms with Gasteiger partial charge in [-0.2, -0.15) is 5.26 Å². The first-order valence-corrected chi connectivity index (χ1v) is 9.89. The van der Waals surface area contributed by atoms with Gasteiger partial charge in [0, 0.05) is 44.5 Å². The number of β-amino-alcohol motifs (C(OH)–C–C–N with tert-alkyl or cyclic N) is 1. The molecule has 1 aromatic rings. The first-order chi connectivity index (χ1) is 13.2. The maximum Gasteiger partial charge on any atom is 0.410 e. The lowest BCUT2D eigenvalue weighted by Crippen LogP contribution is -2.54. The Balaban J connectivity index is 1.71. The van der Waals surface area contributed by atoms with E-state index in [0.29, 0.717) is 31.7 Å². The molecule has 2 aliphatic rings. The molecule has 0 radical (unpaired) electrons. The average Bonchev–Trinajstić information content (AvgIpc) is 3.06. The van der Waals surface area contributed by atoms with Gasteiger partial charge >= 0.3 is 6.09 Å². The highest BCUT2D eigenvalue weighted by Gasteiger charge is 2.30. The maximum atomic E-state index is 12.3. The Hall–Kier alpha value is -2.46. The number of carbonyl (C=O) groups is 1. The number of rotatable bonds is 2. The van der Waals surface area contributed by atoms with E-state index >= 15 is 0 Å². The first-order valence-electron chi connectivity index (χ1n) is 9.89. The van der Waals surface area contributed by atoms with Crippen molar-refractivity contribution in [3.8, 4) is 6.07 Å². The summed E-state index contributed by atoms with van der Waals surface area (Å²) in [7, 11) is 0. The van der Waals surface area contributed by atoms with Gasteiger partial charge in [-0.15, -0.1) is 0 Å². The van der Waals surface area contributed by atoms with Crippen molar-refractivity contribution in [1.82, 2.24) is 4.90 Å². The highest BCUT2D eigenvalue weighted by Crippen LogP contribution is 2.30. The standard InChI is InChI=1S/C21H30N4O3/c1-15-13-24(20(27)28-21(2,3)4)9-10-25(15)17-5-6-19(16(11-17)12-22)23-8-7-18(26)14-23/h5-6,11,15,18,26H,7-10,13-14H2,1-4H3/t15-,18-/m0/s1. The lowest BCUT2D eigenvalue weighted by atomic mass is 10.1. The van der Waals surface area contributed by atoms with Crippen LogP contribution in [0.25, 0.3) is 0 Å². The summed E-state index contributed by atoms with van der Waals surface area (Å²) in [6, 6.07) is 8.33. The van der Waals surface area contributed by atoms with Crippen molar-refractivity contribution in [2.75, 3.05) is 42.5 Å². The predicted octanol–water partition coefficient (Wildman–Crippen LogP) is 2.57. The van der Waals surface area contributed by atoms with Crippen molar-refractivity contribution in [2.45, 2.75) is 51.9 Å². The highest BCUT2D eigenvalue weighted by atomic mass is 16.6. The highest BCUT2D eigenvalue weighted by molar-refractivity contribution is 5.70. The maximum absolute atomic E-state index is 12.3. The number of anilines is 2. The fourth-order valence-corrected chi connectivity index (χ4v) is 3.86. The van der Waals surface area contributed by atoms with Crippen LogP contribution in [0.3, 0.4) is 0 Å². The second kappa shape index (κ2) is 7.88. The minimum Gasteiger partial charge on any atom is -0.444 e. The third kappa shape index (κ3) is 4.50. The second-order valence-corrected chi connectivity index (χ2v) is 8.67. The Morgan fingerprint density at radius 2 is 2.00 bits per heavy atom. The van der Waals surface area contributed by atoms with E-state index in [-0.39, 0.29) is 18.2 Å². The molecule has 0 aromatic heterocycles. The number of nitriles is 1. The van der Waals surface area contributed by atoms with E-state index in [9.17, 15) is 15.2 Å². The van der Waals surface area contributed by atoms with Crippen LogP contribution in [-0.2, 0) is 4.74 Å². The van der Waals surface area contributed by atoms with E-state index in [0.717, 1.165) is 24.3 Å². The van der Waals surface area contributed by atoms with Gasteiger partial charge in [0.25, 0.3) is 0 Å². The monoisotopic (exact) mass is 386 g/mol. The Bertz CT molecular complexity index is 768. The summed E-state index contributed by atoms with van der Waals surface area (Å²) in [6.07, 6.45) is 0.128. The summed E-state index contributed by atoms with van der Waals surface area (Å²) in [4.78, 5) is 18.4. The molecule has 0 saturated carbocycles. The molecular formula is C21H30N4O3. The minimum atomic E-state index is -0.502. The molecule has 0 aliphatic carbocycles. The Morgan fingerprint density at radius 1 is 1.25 bits per heavy atom. The molecule has 2 heterocycles. The van der Waals surface area contributed by atoms with Crippen LogP contribution in [0.1, 0.15) is 39.7 Å². The molecule has 1 amide bonds. The van der Waals surface area contributed by atoms with Crippen LogP contribution in [0.5, 0.6) is 0 Å². The predicted molar refractivity (Wildman–Crippen MR) is 109 cm³/mol. The molecule has 2 fully saturated rings. The number of piperazine rings is 1. The summed E-state index contributed by atoms with van der Waals surface area (Å²) in [6.45, 7) is 10.9. The molecular weight excluding hydrogens is 356 g/mol. The van der Waals surface area contributed by atoms with Crippen LogP contribution in [0, 0.1) is 11.3 Å². The van der Waals surface area contributed by atoms with Gasteiger partial charge in [0.1, 0.15) is 11.7 Å². The van der Waals surface area contributed by atoms with E-state index in [1.807, 2.05) is 39.0 Å². The molecule has 0 spiro atoms. The quantitative estimate of drug-likeness (QED) is 0.842. The third-order valence-electron chi connectivity index (χ3n) is 5.22. The largest absolute Gasteiger partial charge is 0.444 e. The molecule has 0 unspecified atom stereocenters. The lowest BCUT2D eigenvalue weighted by Gasteiger charge is -2.41. The summed E-state index contributed by atoms with van der Waals surface area (Å²) in [5.41, 5.74) is 1.98. The van der Waals surface area contributed by atoms with Crippen LogP contribution in [0.2, 0.25) is 0 Å². The van der Waals surface area contributed by atoms with Gasteiger partial charge in [0.2, 0.25) is 0 Å². The van der Waals surface area contributed by atoms with E-state index in [4.69, 9.17) is 4.74 Å². The van der Waals surface area contributed by atoms with Crippen molar-refractivity contribution < 1.29 is 14.6 Å². The Labute approximate surface area is 167 Å². The molecule has 2 atom stereocenters. The molecule has 1 N–H and O–H groups in total. The molecule has 7 heteroatoms. The number of aliphatic hydroxyl groups excluding tert-OH is 1. The number of nitrogens with zero attached hydrogens (tertiary/aromatic N) is 4. The number of amides is 1. The molecule has 0 bridgehead atoms. The molecule has 1 aromatic carbocycles. The van der Waals surface area contributed by atoms with Crippen molar-refractivity contribution in [2.24, 2.45) is 0 Å². The lowest BCUT2D eigenvalue weighted by molar-refractivity contribution is 0.0219. The number of ether oxygens (including phenoxy) is 1. The van der Waals surface area contributed by atoms with Crippen molar-refractivity contribution in [3.63, 3.8) is 0 Å². The van der Waals surface area contributed by atoms with Crippen molar-refractivity contribution in [1.29, 1.82) is 5.26 Å². The zero-order valence-electron chi connectivity index (χ0n) is 17.2. The van der Waals surface area contributed by atoms with Gasteiger partial charge in [-0.1, -0.05) is 0 Å². The van der Waals surface area contributed by atoms with Crippen LogP contribution in [-0.4, -0.2) is 66.6 Å². The molecule has 3 rings (SSSR count). The number of hydrogen-bond donors (Lipinski definition) is 1.